The number of nitrogens with zero attached hydrogens (tertiary/aromatic N) is 2. The summed E-state index contributed by atoms with van der Waals surface area (Å²) < 4.78 is 0. The van der Waals surface area contributed by atoms with E-state index in [0.29, 0.717) is 13.1 Å². The molecule has 0 aliphatic carbocycles. The van der Waals surface area contributed by atoms with Crippen LogP contribution in [0.25, 0.3) is 0 Å². The molecule has 2 rings (SSSR count). The van der Waals surface area contributed by atoms with E-state index in [1.807, 2.05) is 0 Å². The van der Waals surface area contributed by atoms with Crippen molar-refractivity contribution >= 4 is 30.7 Å². The molecule has 7 heteroatoms. The highest BCUT2D eigenvalue weighted by atomic mass is 35.5. The van der Waals surface area contributed by atoms with Crippen LogP contribution in [0.1, 0.15) is 5.82 Å². The SMILES string of the molecule is Cl.Cl.O=C1CNCCN1Cc1ncc[nH]1. The monoisotopic (exact) mass is 252 g/mol. The number of hydrogen-bond donors (Lipinski definition) is 2. The quantitative estimate of drug-likeness (QED) is 0.790. The Morgan fingerprint density at radius 2 is 2.27 bits per heavy atom. The lowest BCUT2D eigenvalue weighted by molar-refractivity contribution is -0.132. The fraction of sp³-hybridized carbons (Fsp3) is 0.500. The standard InChI is InChI=1S/C8H12N4O.2ClH/c13-8-5-9-3-4-12(8)6-7-10-1-2-11-7;;/h1-2,9H,3-6H2,(H,10,11);2*1H. The molecule has 1 amide bonds. The van der Waals surface area contributed by atoms with Crippen molar-refractivity contribution in [2.24, 2.45) is 0 Å². The fourth-order valence-electron chi connectivity index (χ4n) is 1.38. The summed E-state index contributed by atoms with van der Waals surface area (Å²) >= 11 is 0. The molecule has 0 radical (unpaired) electrons. The number of aromatic nitrogens is 2. The topological polar surface area (TPSA) is 61.0 Å². The maximum Gasteiger partial charge on any atom is 0.236 e. The van der Waals surface area contributed by atoms with E-state index in [4.69, 9.17) is 0 Å². The molecule has 1 fully saturated rings. The molecule has 1 saturated heterocycles. The molecule has 0 unspecified atom stereocenters. The highest BCUT2D eigenvalue weighted by Crippen LogP contribution is 2.00. The minimum Gasteiger partial charge on any atom is -0.347 e. The molecular formula is C8H14Cl2N4O. The van der Waals surface area contributed by atoms with Gasteiger partial charge in [-0.15, -0.1) is 24.8 Å². The van der Waals surface area contributed by atoms with Crippen LogP contribution in [0.15, 0.2) is 12.4 Å². The summed E-state index contributed by atoms with van der Waals surface area (Å²) in [5.41, 5.74) is 0. The van der Waals surface area contributed by atoms with Gasteiger partial charge in [-0.05, 0) is 0 Å². The maximum atomic E-state index is 11.3. The molecule has 0 saturated carbocycles. The van der Waals surface area contributed by atoms with E-state index in [2.05, 4.69) is 15.3 Å². The van der Waals surface area contributed by atoms with E-state index in [1.54, 1.807) is 17.3 Å². The number of rotatable bonds is 2. The van der Waals surface area contributed by atoms with Gasteiger partial charge in [-0.1, -0.05) is 0 Å². The van der Waals surface area contributed by atoms with Crippen LogP contribution >= 0.6 is 24.8 Å². The van der Waals surface area contributed by atoms with Crippen molar-refractivity contribution in [1.29, 1.82) is 0 Å². The Morgan fingerprint density at radius 3 is 2.87 bits per heavy atom. The van der Waals surface area contributed by atoms with Gasteiger partial charge in [0.2, 0.25) is 5.91 Å². The van der Waals surface area contributed by atoms with Gasteiger partial charge >= 0.3 is 0 Å². The van der Waals surface area contributed by atoms with Gasteiger partial charge in [0.15, 0.2) is 0 Å². The summed E-state index contributed by atoms with van der Waals surface area (Å²) in [7, 11) is 0. The fourth-order valence-corrected chi connectivity index (χ4v) is 1.38. The molecule has 0 bridgehead atoms. The normalized spacial score (nSPS) is 15.5. The summed E-state index contributed by atoms with van der Waals surface area (Å²) in [4.78, 5) is 20.2. The van der Waals surface area contributed by atoms with Gasteiger partial charge in [-0.25, -0.2) is 4.98 Å². The van der Waals surface area contributed by atoms with Crippen molar-refractivity contribution in [2.45, 2.75) is 6.54 Å². The first-order chi connectivity index (χ1) is 6.36. The Kier molecular flexibility index (Phi) is 6.31. The van der Waals surface area contributed by atoms with Gasteiger partial charge in [0, 0.05) is 25.5 Å². The molecule has 2 N–H and O–H groups in total. The third-order valence-electron chi connectivity index (χ3n) is 2.08. The summed E-state index contributed by atoms with van der Waals surface area (Å²) in [6.07, 6.45) is 3.46. The second-order valence-electron chi connectivity index (χ2n) is 3.03. The zero-order valence-electron chi connectivity index (χ0n) is 8.10. The molecule has 15 heavy (non-hydrogen) atoms. The largest absolute Gasteiger partial charge is 0.347 e. The lowest BCUT2D eigenvalue weighted by atomic mass is 10.3. The van der Waals surface area contributed by atoms with E-state index in [-0.39, 0.29) is 30.7 Å². The second-order valence-corrected chi connectivity index (χ2v) is 3.03. The number of piperazine rings is 1. The van der Waals surface area contributed by atoms with Crippen molar-refractivity contribution in [3.8, 4) is 0 Å². The first-order valence-corrected chi connectivity index (χ1v) is 4.33. The molecular weight excluding hydrogens is 239 g/mol. The minimum atomic E-state index is 0. The number of H-pyrrole nitrogens is 1. The van der Waals surface area contributed by atoms with E-state index < -0.39 is 0 Å². The minimum absolute atomic E-state index is 0. The first kappa shape index (κ1) is 14.2. The summed E-state index contributed by atoms with van der Waals surface area (Å²) in [5.74, 6) is 0.984. The zero-order chi connectivity index (χ0) is 9.10. The van der Waals surface area contributed by atoms with Crippen LogP contribution in [-0.4, -0.2) is 40.4 Å². The molecule has 0 aromatic carbocycles. The van der Waals surface area contributed by atoms with Crippen LogP contribution in [0.4, 0.5) is 0 Å². The molecule has 86 valence electrons. The molecule has 2 heterocycles. The van der Waals surface area contributed by atoms with Gasteiger partial charge < -0.3 is 15.2 Å². The third-order valence-corrected chi connectivity index (χ3v) is 2.08. The van der Waals surface area contributed by atoms with Gasteiger partial charge in [-0.2, -0.15) is 0 Å². The zero-order valence-corrected chi connectivity index (χ0v) is 9.74. The Morgan fingerprint density at radius 1 is 1.47 bits per heavy atom. The van der Waals surface area contributed by atoms with Crippen LogP contribution in [0.5, 0.6) is 0 Å². The molecule has 1 aliphatic heterocycles. The third kappa shape index (κ3) is 3.70. The van der Waals surface area contributed by atoms with E-state index in [1.165, 1.54) is 0 Å². The van der Waals surface area contributed by atoms with Crippen molar-refractivity contribution in [3.05, 3.63) is 18.2 Å². The number of aromatic amines is 1. The Hall–Kier alpha value is -0.780. The van der Waals surface area contributed by atoms with E-state index in [9.17, 15) is 4.79 Å². The molecule has 0 atom stereocenters. The van der Waals surface area contributed by atoms with Crippen LogP contribution in [0.3, 0.4) is 0 Å². The van der Waals surface area contributed by atoms with Crippen molar-refractivity contribution in [1.82, 2.24) is 20.2 Å². The number of carbonyl (C=O) groups excluding carboxylic acids is 1. The van der Waals surface area contributed by atoms with Crippen LogP contribution in [0, 0.1) is 0 Å². The van der Waals surface area contributed by atoms with Gasteiger partial charge in [0.25, 0.3) is 0 Å². The molecule has 0 spiro atoms. The highest BCUT2D eigenvalue weighted by Gasteiger charge is 2.17. The van der Waals surface area contributed by atoms with Crippen molar-refractivity contribution < 1.29 is 4.79 Å². The number of imidazole rings is 1. The smallest absolute Gasteiger partial charge is 0.236 e. The molecule has 1 aliphatic rings. The Bertz CT molecular complexity index is 291. The number of carbonyl (C=O) groups is 1. The average Bonchev–Trinajstić information content (AvgIpc) is 2.61. The van der Waals surface area contributed by atoms with Gasteiger partial charge in [-0.3, -0.25) is 4.79 Å². The molecule has 1 aromatic rings. The molecule has 1 aromatic heterocycles. The van der Waals surface area contributed by atoms with E-state index in [0.717, 1.165) is 18.9 Å². The number of nitrogens with one attached hydrogen (secondary N) is 2. The van der Waals surface area contributed by atoms with Crippen molar-refractivity contribution in [3.63, 3.8) is 0 Å². The lowest BCUT2D eigenvalue weighted by Crippen LogP contribution is -2.47. The van der Waals surface area contributed by atoms with Gasteiger partial charge in [0.05, 0.1) is 13.1 Å². The lowest BCUT2D eigenvalue weighted by Gasteiger charge is -2.26. The molecule has 5 nitrogen and oxygen atoms in total. The number of amides is 1. The second kappa shape index (κ2) is 6.66. The highest BCUT2D eigenvalue weighted by molar-refractivity contribution is 5.85. The Labute approximate surface area is 100 Å². The van der Waals surface area contributed by atoms with E-state index >= 15 is 0 Å². The Balaban J connectivity index is 0.000000980. The number of hydrogen-bond acceptors (Lipinski definition) is 3. The van der Waals surface area contributed by atoms with Crippen molar-refractivity contribution in [2.75, 3.05) is 19.6 Å². The summed E-state index contributed by atoms with van der Waals surface area (Å²) in [5, 5.41) is 3.02. The summed E-state index contributed by atoms with van der Waals surface area (Å²) in [6, 6.07) is 0. The maximum absolute atomic E-state index is 11.3. The van der Waals surface area contributed by atoms with Crippen LogP contribution < -0.4 is 5.32 Å². The average molecular weight is 253 g/mol. The van der Waals surface area contributed by atoms with Crippen LogP contribution in [0.2, 0.25) is 0 Å². The van der Waals surface area contributed by atoms with Crippen LogP contribution in [-0.2, 0) is 11.3 Å². The van der Waals surface area contributed by atoms with Gasteiger partial charge in [0.1, 0.15) is 5.82 Å². The summed E-state index contributed by atoms with van der Waals surface area (Å²) in [6.45, 7) is 2.67. The predicted molar refractivity (Wildman–Crippen MR) is 61.4 cm³/mol. The number of halogens is 2. The predicted octanol–water partition coefficient (Wildman–Crippen LogP) is 0.185. The first-order valence-electron chi connectivity index (χ1n) is 4.33.